The fourth-order valence-electron chi connectivity index (χ4n) is 4.94. The van der Waals surface area contributed by atoms with Gasteiger partial charge in [0.2, 0.25) is 0 Å². The summed E-state index contributed by atoms with van der Waals surface area (Å²) in [5.74, 6) is -6.30. The van der Waals surface area contributed by atoms with Crippen LogP contribution in [0.25, 0.3) is 0 Å². The van der Waals surface area contributed by atoms with Crippen molar-refractivity contribution in [3.8, 4) is 0 Å². The largest absolute Gasteiger partial charge is 0.453 e. The number of ether oxygens (including phenoxy) is 4. The summed E-state index contributed by atoms with van der Waals surface area (Å²) in [4.78, 5) is 67.7. The molecule has 51 heavy (non-hydrogen) atoms. The molecule has 1 unspecified atom stereocenters. The highest BCUT2D eigenvalue weighted by atomic mass is 16.9. The Bertz CT molecular complexity index is 1810. The first-order valence-electron chi connectivity index (χ1n) is 16.4. The Hall–Kier alpha value is -5.45. The molecule has 1 amide bonds. The molecule has 0 aliphatic carbocycles. The number of allylic oxidation sites excluding steroid dienone is 20. The number of Topliss-reactive ketones (excluding diaryl/α,β-unsaturated/α-hetero) is 2. The fourth-order valence-corrected chi connectivity index (χ4v) is 4.94. The van der Waals surface area contributed by atoms with Crippen LogP contribution in [0, 0.1) is 5.92 Å². The zero-order valence-corrected chi connectivity index (χ0v) is 30.4. The average Bonchev–Trinajstić information content (AvgIpc) is 3.11. The summed E-state index contributed by atoms with van der Waals surface area (Å²) >= 11 is 0. The van der Waals surface area contributed by atoms with Crippen LogP contribution in [0.15, 0.2) is 142 Å². The quantitative estimate of drug-likeness (QED) is 0.176. The fraction of sp³-hybridized carbons (Fsp3) is 0.293. The van der Waals surface area contributed by atoms with Crippen LogP contribution in [0.4, 0.5) is 0 Å². The molecule has 0 aromatic heterocycles. The number of nitrogens with zero attached hydrogens (tertiary/aromatic N) is 1. The summed E-state index contributed by atoms with van der Waals surface area (Å²) in [6.45, 7) is 10.5. The summed E-state index contributed by atoms with van der Waals surface area (Å²) in [5.41, 5.74) is 3.13. The first-order valence-corrected chi connectivity index (χ1v) is 16.4. The molecule has 0 fully saturated rings. The summed E-state index contributed by atoms with van der Waals surface area (Å²) in [5, 5.41) is 0. The Morgan fingerprint density at radius 3 is 2.20 bits per heavy atom. The Balaban J connectivity index is 2.02. The third kappa shape index (κ3) is 11.3. The van der Waals surface area contributed by atoms with E-state index in [9.17, 15) is 24.0 Å². The second kappa shape index (κ2) is 18.5. The molecule has 0 saturated carbocycles. The van der Waals surface area contributed by atoms with E-state index in [2.05, 4.69) is 0 Å². The van der Waals surface area contributed by atoms with Gasteiger partial charge in [-0.15, -0.1) is 0 Å². The van der Waals surface area contributed by atoms with Crippen LogP contribution in [-0.4, -0.2) is 60.9 Å². The Morgan fingerprint density at radius 1 is 0.765 bits per heavy atom. The summed E-state index contributed by atoms with van der Waals surface area (Å²) < 4.78 is 22.2. The number of esters is 1. The van der Waals surface area contributed by atoms with E-state index in [0.29, 0.717) is 22.5 Å². The molecule has 3 rings (SSSR count). The number of methoxy groups -OCH3 is 2. The van der Waals surface area contributed by atoms with Gasteiger partial charge in [-0.05, 0) is 70.1 Å². The van der Waals surface area contributed by atoms with Gasteiger partial charge in [-0.3, -0.25) is 24.1 Å². The lowest BCUT2D eigenvalue weighted by Crippen LogP contribution is -2.46. The lowest BCUT2D eigenvalue weighted by molar-refractivity contribution is -0.341. The minimum absolute atomic E-state index is 0.104. The lowest BCUT2D eigenvalue weighted by Gasteiger charge is -2.32. The summed E-state index contributed by atoms with van der Waals surface area (Å²) in [6, 6.07) is 0. The Labute approximate surface area is 299 Å². The van der Waals surface area contributed by atoms with E-state index in [0.717, 1.165) is 16.0 Å². The third-order valence-corrected chi connectivity index (χ3v) is 7.96. The van der Waals surface area contributed by atoms with E-state index >= 15 is 0 Å². The second-order valence-corrected chi connectivity index (χ2v) is 12.2. The third-order valence-electron chi connectivity index (χ3n) is 7.96. The van der Waals surface area contributed by atoms with Crippen LogP contribution in [-0.2, 0) is 42.9 Å². The SMILES string of the molecule is COC1(OC)CC(=O)C(C)/C=C(C)\C=C/C(=O)/C(C)=C\C(C)=C/C=CC=C/C(C)=C\C=C2C=CC(C)=C(O2)C(=O)C(=O)N2CC=CC=C2C(=O)O1. The molecule has 0 aromatic rings. The molecule has 0 radical (unpaired) electrons. The maximum Gasteiger partial charge on any atom is 0.359 e. The van der Waals surface area contributed by atoms with Crippen LogP contribution in [0.3, 0.4) is 0 Å². The van der Waals surface area contributed by atoms with Crippen molar-refractivity contribution in [2.75, 3.05) is 20.8 Å². The molecular weight excluding hydrogens is 650 g/mol. The number of carbonyl (C=O) groups excluding carboxylic acids is 5. The maximum atomic E-state index is 13.6. The van der Waals surface area contributed by atoms with Crippen molar-refractivity contribution < 1.29 is 42.9 Å². The molecule has 0 N–H and O–H groups in total. The van der Waals surface area contributed by atoms with Gasteiger partial charge >= 0.3 is 17.8 Å². The van der Waals surface area contributed by atoms with E-state index in [-0.39, 0.29) is 23.8 Å². The maximum absolute atomic E-state index is 13.6. The molecule has 1 atom stereocenters. The minimum Gasteiger partial charge on any atom is -0.453 e. The van der Waals surface area contributed by atoms with Crippen LogP contribution in [0.1, 0.15) is 48.0 Å². The molecule has 10 heteroatoms. The van der Waals surface area contributed by atoms with E-state index in [1.54, 1.807) is 76.3 Å². The van der Waals surface area contributed by atoms with Gasteiger partial charge in [0, 0.05) is 26.7 Å². The first-order chi connectivity index (χ1) is 24.2. The van der Waals surface area contributed by atoms with Crippen molar-refractivity contribution in [2.24, 2.45) is 5.92 Å². The molecule has 0 saturated heterocycles. The molecule has 3 aliphatic heterocycles. The Kier molecular flexibility index (Phi) is 14.5. The van der Waals surface area contributed by atoms with Crippen molar-refractivity contribution in [1.29, 1.82) is 0 Å². The number of hydrogen-bond donors (Lipinski definition) is 0. The molecule has 3 heterocycles. The minimum atomic E-state index is -2.14. The van der Waals surface area contributed by atoms with Gasteiger partial charge in [-0.1, -0.05) is 96.6 Å². The summed E-state index contributed by atoms with van der Waals surface area (Å²) in [7, 11) is 2.42. The number of carbonyl (C=O) groups is 5. The summed E-state index contributed by atoms with van der Waals surface area (Å²) in [6.07, 6.45) is 26.6. The molecule has 0 spiro atoms. The predicted molar refractivity (Wildman–Crippen MR) is 194 cm³/mol. The molecule has 268 valence electrons. The van der Waals surface area contributed by atoms with E-state index in [1.807, 2.05) is 44.2 Å². The molecule has 10 nitrogen and oxygen atoms in total. The molecular formula is C41H45NO9. The van der Waals surface area contributed by atoms with E-state index in [1.165, 1.54) is 32.4 Å². The van der Waals surface area contributed by atoms with E-state index in [4.69, 9.17) is 18.9 Å². The number of amides is 1. The number of ketones is 3. The van der Waals surface area contributed by atoms with Crippen molar-refractivity contribution in [2.45, 2.75) is 53.9 Å². The topological polar surface area (TPSA) is 126 Å². The highest BCUT2D eigenvalue weighted by molar-refractivity contribution is 6.43. The standard InChI is InChI=1S/C41H45NO9/c1-27-14-10-9-11-15-28(2)24-31(5)35(43)22-18-29(3)25-32(6)36(44)26-41(48-7,49-8)51-40(47)34-16-12-13-23-42(34)39(46)37(45)38-30(4)19-21-33(50-38)20-17-27/h9-22,24-25,32H,23,26H2,1-8H3/b11-9?,14-10?,22-18-,27-17-,28-15-,29-25-,31-24-,33-20?. The van der Waals surface area contributed by atoms with Crippen LogP contribution in [0.5, 0.6) is 0 Å². The normalized spacial score (nSPS) is 26.3. The zero-order valence-electron chi connectivity index (χ0n) is 30.4. The van der Waals surface area contributed by atoms with Gasteiger partial charge in [0.1, 0.15) is 23.7 Å². The highest BCUT2D eigenvalue weighted by Crippen LogP contribution is 2.27. The number of hydrogen-bond acceptors (Lipinski definition) is 9. The van der Waals surface area contributed by atoms with Gasteiger partial charge in [-0.2, -0.15) is 0 Å². The van der Waals surface area contributed by atoms with Crippen molar-refractivity contribution in [3.63, 3.8) is 0 Å². The van der Waals surface area contributed by atoms with Gasteiger partial charge in [0.05, 0.1) is 0 Å². The predicted octanol–water partition coefficient (Wildman–Crippen LogP) is 6.70. The molecule has 2 bridgehead atoms. The molecule has 0 aromatic carbocycles. The van der Waals surface area contributed by atoms with Crippen molar-refractivity contribution in [1.82, 2.24) is 4.90 Å². The smallest absolute Gasteiger partial charge is 0.359 e. The van der Waals surface area contributed by atoms with Gasteiger partial charge < -0.3 is 18.9 Å². The van der Waals surface area contributed by atoms with Gasteiger partial charge in [-0.25, -0.2) is 4.79 Å². The van der Waals surface area contributed by atoms with Gasteiger partial charge in [0.25, 0.3) is 5.78 Å². The lowest BCUT2D eigenvalue weighted by atomic mass is 9.99. The van der Waals surface area contributed by atoms with Crippen LogP contribution < -0.4 is 0 Å². The van der Waals surface area contributed by atoms with Gasteiger partial charge in [0.15, 0.2) is 11.5 Å². The van der Waals surface area contributed by atoms with E-state index < -0.39 is 41.8 Å². The van der Waals surface area contributed by atoms with Crippen molar-refractivity contribution >= 4 is 29.2 Å². The highest BCUT2D eigenvalue weighted by Gasteiger charge is 2.42. The molecule has 3 aliphatic rings. The first kappa shape index (κ1) is 40.0. The van der Waals surface area contributed by atoms with Crippen LogP contribution in [0.2, 0.25) is 0 Å². The zero-order chi connectivity index (χ0) is 37.7. The second-order valence-electron chi connectivity index (χ2n) is 12.2. The van der Waals surface area contributed by atoms with Crippen molar-refractivity contribution in [3.05, 3.63) is 142 Å². The monoisotopic (exact) mass is 695 g/mol. The average molecular weight is 696 g/mol. The van der Waals surface area contributed by atoms with Crippen LogP contribution >= 0.6 is 0 Å². The number of fused-ring (bicyclic) bond motifs is 3. The Morgan fingerprint density at radius 2 is 1.49 bits per heavy atom. The number of rotatable bonds is 2. The number of cyclic esters (lactones) is 1.